The first kappa shape index (κ1) is 18.1. The highest BCUT2D eigenvalue weighted by molar-refractivity contribution is 5.84. The average Bonchev–Trinajstić information content (AvgIpc) is 3.11. The number of likely N-dealkylation sites (tertiary alicyclic amines) is 1. The predicted octanol–water partition coefficient (Wildman–Crippen LogP) is 3.16. The maximum absolute atomic E-state index is 12.6. The van der Waals surface area contributed by atoms with Crippen LogP contribution in [0.15, 0.2) is 59.5 Å². The van der Waals surface area contributed by atoms with E-state index in [1.807, 2.05) is 24.3 Å². The third-order valence-electron chi connectivity index (χ3n) is 6.21. The van der Waals surface area contributed by atoms with E-state index < -0.39 is 0 Å². The van der Waals surface area contributed by atoms with Gasteiger partial charge in [-0.15, -0.1) is 5.10 Å². The van der Waals surface area contributed by atoms with Crippen LogP contribution in [-0.4, -0.2) is 44.1 Å². The fourth-order valence-corrected chi connectivity index (χ4v) is 4.57. The van der Waals surface area contributed by atoms with Gasteiger partial charge in [0.25, 0.3) is 5.56 Å². The molecule has 0 bridgehead atoms. The van der Waals surface area contributed by atoms with E-state index in [2.05, 4.69) is 57.3 Å². The van der Waals surface area contributed by atoms with Gasteiger partial charge in [-0.2, -0.15) is 0 Å². The van der Waals surface area contributed by atoms with E-state index >= 15 is 0 Å². The van der Waals surface area contributed by atoms with E-state index in [4.69, 9.17) is 0 Å². The molecule has 1 aliphatic rings. The first-order valence-electron chi connectivity index (χ1n) is 10.3. The van der Waals surface area contributed by atoms with Gasteiger partial charge >= 0.3 is 0 Å². The van der Waals surface area contributed by atoms with E-state index in [9.17, 15) is 4.79 Å². The Morgan fingerprint density at radius 2 is 1.69 bits per heavy atom. The number of aryl methyl sites for hydroxylation is 1. The number of aromatic nitrogens is 4. The summed E-state index contributed by atoms with van der Waals surface area (Å²) in [6.45, 7) is 3.50. The van der Waals surface area contributed by atoms with Crippen molar-refractivity contribution in [1.29, 1.82) is 0 Å². The summed E-state index contributed by atoms with van der Waals surface area (Å²) >= 11 is 0. The van der Waals surface area contributed by atoms with Crippen molar-refractivity contribution in [1.82, 2.24) is 24.5 Å². The van der Waals surface area contributed by atoms with Crippen LogP contribution < -0.4 is 5.56 Å². The van der Waals surface area contributed by atoms with Crippen molar-refractivity contribution in [3.8, 4) is 0 Å². The molecule has 6 heteroatoms. The van der Waals surface area contributed by atoms with Crippen molar-refractivity contribution < 1.29 is 0 Å². The molecular weight excluding hydrogens is 362 g/mol. The lowest BCUT2D eigenvalue weighted by Gasteiger charge is -2.31. The van der Waals surface area contributed by atoms with Gasteiger partial charge in [0.05, 0.1) is 11.9 Å². The average molecular weight is 387 g/mol. The maximum Gasteiger partial charge on any atom is 0.277 e. The molecule has 0 amide bonds. The molecule has 6 nitrogen and oxygen atoms in total. The number of fused-ring (bicyclic) bond motifs is 2. The molecule has 0 saturated carbocycles. The second kappa shape index (κ2) is 7.44. The lowest BCUT2D eigenvalue weighted by atomic mass is 9.89. The molecular formula is C23H25N5O. The topological polar surface area (TPSA) is 56.0 Å². The van der Waals surface area contributed by atoms with Crippen LogP contribution >= 0.6 is 0 Å². The monoisotopic (exact) mass is 387 g/mol. The fraction of sp³-hybridized carbons (Fsp3) is 0.348. The Kier molecular flexibility index (Phi) is 4.64. The standard InChI is InChI=1S/C23H25N5O/c1-26-16-20(18-6-3-5-9-22(18)26)17-10-12-27(13-11-17)14-15-28-23(29)19-7-2-4-8-21(19)24-25-28/h2-9,16-17H,10-15H2,1H3. The van der Waals surface area contributed by atoms with Gasteiger partial charge in [-0.1, -0.05) is 35.5 Å². The van der Waals surface area contributed by atoms with Gasteiger partial charge in [-0.25, -0.2) is 4.68 Å². The van der Waals surface area contributed by atoms with Gasteiger partial charge in [0.1, 0.15) is 5.52 Å². The van der Waals surface area contributed by atoms with Crippen LogP contribution in [0.1, 0.15) is 24.3 Å². The summed E-state index contributed by atoms with van der Waals surface area (Å²) in [5.74, 6) is 0.598. The molecule has 1 aliphatic heterocycles. The summed E-state index contributed by atoms with van der Waals surface area (Å²) in [7, 11) is 2.13. The Morgan fingerprint density at radius 1 is 0.966 bits per heavy atom. The van der Waals surface area contributed by atoms with Gasteiger partial charge in [0, 0.05) is 30.7 Å². The lowest BCUT2D eigenvalue weighted by molar-refractivity contribution is 0.201. The van der Waals surface area contributed by atoms with Crippen LogP contribution in [0.5, 0.6) is 0 Å². The van der Waals surface area contributed by atoms with E-state index in [0.29, 0.717) is 23.4 Å². The molecule has 0 unspecified atom stereocenters. The second-order valence-electron chi connectivity index (χ2n) is 7.96. The number of benzene rings is 2. The van der Waals surface area contributed by atoms with Crippen molar-refractivity contribution in [3.05, 3.63) is 70.6 Å². The van der Waals surface area contributed by atoms with E-state index in [1.165, 1.54) is 21.1 Å². The molecule has 5 rings (SSSR count). The van der Waals surface area contributed by atoms with Crippen molar-refractivity contribution in [2.24, 2.45) is 7.05 Å². The number of para-hydroxylation sites is 1. The maximum atomic E-state index is 12.6. The SMILES string of the molecule is Cn1cc(C2CCN(CCn3nnc4ccccc4c3=O)CC2)c2ccccc21. The zero-order chi connectivity index (χ0) is 19.8. The number of hydrogen-bond donors (Lipinski definition) is 0. The summed E-state index contributed by atoms with van der Waals surface area (Å²) in [5, 5.41) is 10.3. The van der Waals surface area contributed by atoms with Crippen LogP contribution in [0.3, 0.4) is 0 Å². The van der Waals surface area contributed by atoms with Gasteiger partial charge in [-0.05, 0) is 55.6 Å². The van der Waals surface area contributed by atoms with Crippen molar-refractivity contribution in [2.75, 3.05) is 19.6 Å². The third kappa shape index (κ3) is 3.34. The predicted molar refractivity (Wildman–Crippen MR) is 115 cm³/mol. The molecule has 29 heavy (non-hydrogen) atoms. The summed E-state index contributed by atoms with van der Waals surface area (Å²) in [6, 6.07) is 16.0. The lowest BCUT2D eigenvalue weighted by Crippen LogP contribution is -2.37. The zero-order valence-electron chi connectivity index (χ0n) is 16.7. The van der Waals surface area contributed by atoms with Gasteiger partial charge in [0.15, 0.2) is 0 Å². The number of piperidine rings is 1. The Labute approximate surface area is 169 Å². The molecule has 0 radical (unpaired) electrons. The van der Waals surface area contributed by atoms with Crippen LogP contribution in [0.2, 0.25) is 0 Å². The Hall–Kier alpha value is -2.99. The quantitative estimate of drug-likeness (QED) is 0.540. The molecule has 0 N–H and O–H groups in total. The van der Waals surface area contributed by atoms with E-state index in [0.717, 1.165) is 32.5 Å². The summed E-state index contributed by atoms with van der Waals surface area (Å²) < 4.78 is 3.74. The van der Waals surface area contributed by atoms with Crippen LogP contribution in [0.25, 0.3) is 21.8 Å². The summed E-state index contributed by atoms with van der Waals surface area (Å²) in [6.07, 6.45) is 4.59. The molecule has 2 aromatic heterocycles. The van der Waals surface area contributed by atoms with Crippen LogP contribution in [0, 0.1) is 0 Å². The number of nitrogens with zero attached hydrogens (tertiary/aromatic N) is 5. The smallest absolute Gasteiger partial charge is 0.277 e. The fourth-order valence-electron chi connectivity index (χ4n) is 4.57. The molecule has 0 spiro atoms. The molecule has 4 aromatic rings. The third-order valence-corrected chi connectivity index (χ3v) is 6.21. The molecule has 1 saturated heterocycles. The summed E-state index contributed by atoms with van der Waals surface area (Å²) in [4.78, 5) is 15.0. The second-order valence-corrected chi connectivity index (χ2v) is 7.96. The number of rotatable bonds is 4. The van der Waals surface area contributed by atoms with Gasteiger partial charge < -0.3 is 9.47 Å². The first-order valence-corrected chi connectivity index (χ1v) is 10.3. The molecule has 1 fully saturated rings. The minimum Gasteiger partial charge on any atom is -0.350 e. The Bertz CT molecular complexity index is 1220. The molecule has 0 atom stereocenters. The van der Waals surface area contributed by atoms with Crippen molar-refractivity contribution in [3.63, 3.8) is 0 Å². The largest absolute Gasteiger partial charge is 0.350 e. The Morgan fingerprint density at radius 3 is 2.52 bits per heavy atom. The highest BCUT2D eigenvalue weighted by Crippen LogP contribution is 2.34. The van der Waals surface area contributed by atoms with Gasteiger partial charge in [0.2, 0.25) is 0 Å². The first-order chi connectivity index (χ1) is 14.2. The zero-order valence-corrected chi connectivity index (χ0v) is 16.7. The highest BCUT2D eigenvalue weighted by atomic mass is 16.1. The highest BCUT2D eigenvalue weighted by Gasteiger charge is 2.23. The minimum atomic E-state index is -0.0544. The Balaban J connectivity index is 1.25. The van der Waals surface area contributed by atoms with Crippen LogP contribution in [0.4, 0.5) is 0 Å². The minimum absolute atomic E-state index is 0.0544. The summed E-state index contributed by atoms with van der Waals surface area (Å²) in [5.41, 5.74) is 3.38. The van der Waals surface area contributed by atoms with Crippen LogP contribution in [-0.2, 0) is 13.6 Å². The van der Waals surface area contributed by atoms with E-state index in [1.54, 1.807) is 0 Å². The van der Waals surface area contributed by atoms with E-state index in [-0.39, 0.29) is 5.56 Å². The molecule has 3 heterocycles. The molecule has 2 aromatic carbocycles. The molecule has 0 aliphatic carbocycles. The number of hydrogen-bond acceptors (Lipinski definition) is 4. The van der Waals surface area contributed by atoms with Gasteiger partial charge in [-0.3, -0.25) is 4.79 Å². The normalized spacial score (nSPS) is 16.0. The van der Waals surface area contributed by atoms with Crippen molar-refractivity contribution >= 4 is 21.8 Å². The van der Waals surface area contributed by atoms with Crippen molar-refractivity contribution in [2.45, 2.75) is 25.3 Å². The molecule has 148 valence electrons.